The monoisotopic (exact) mass is 377 g/mol. The SMILES string of the molecule is CCn1c(=O)n(CCC(=O)N(C)[C@@H]2CCCc3ccccc32)c2ccccc21. The van der Waals surface area contributed by atoms with Gasteiger partial charge in [-0.25, -0.2) is 4.79 Å². The van der Waals surface area contributed by atoms with Crippen molar-refractivity contribution in [1.82, 2.24) is 14.0 Å². The number of para-hydroxylation sites is 2. The van der Waals surface area contributed by atoms with Gasteiger partial charge in [0.05, 0.1) is 17.1 Å². The van der Waals surface area contributed by atoms with Gasteiger partial charge in [0.2, 0.25) is 5.91 Å². The van der Waals surface area contributed by atoms with Crippen LogP contribution in [0.5, 0.6) is 0 Å². The minimum absolute atomic E-state index is 0.0397. The van der Waals surface area contributed by atoms with Crippen LogP contribution in [0.2, 0.25) is 0 Å². The molecule has 5 nitrogen and oxygen atoms in total. The number of carbonyl (C=O) groups is 1. The van der Waals surface area contributed by atoms with E-state index < -0.39 is 0 Å². The zero-order chi connectivity index (χ0) is 19.7. The zero-order valence-corrected chi connectivity index (χ0v) is 16.6. The number of nitrogens with zero attached hydrogens (tertiary/aromatic N) is 3. The van der Waals surface area contributed by atoms with Gasteiger partial charge in [-0.3, -0.25) is 13.9 Å². The number of hydrogen-bond donors (Lipinski definition) is 0. The van der Waals surface area contributed by atoms with Crippen molar-refractivity contribution >= 4 is 16.9 Å². The van der Waals surface area contributed by atoms with Gasteiger partial charge in [-0.05, 0) is 49.4 Å². The molecule has 0 fully saturated rings. The number of aryl methyl sites for hydroxylation is 3. The lowest BCUT2D eigenvalue weighted by Gasteiger charge is -2.33. The lowest BCUT2D eigenvalue weighted by atomic mass is 9.87. The average Bonchev–Trinajstić information content (AvgIpc) is 3.01. The van der Waals surface area contributed by atoms with Crippen LogP contribution in [0.25, 0.3) is 11.0 Å². The van der Waals surface area contributed by atoms with Crippen LogP contribution in [0.3, 0.4) is 0 Å². The summed E-state index contributed by atoms with van der Waals surface area (Å²) in [6, 6.07) is 16.3. The smallest absolute Gasteiger partial charge is 0.329 e. The second-order valence-electron chi connectivity index (χ2n) is 7.53. The van der Waals surface area contributed by atoms with Gasteiger partial charge < -0.3 is 4.90 Å². The number of benzene rings is 2. The molecule has 1 amide bonds. The van der Waals surface area contributed by atoms with Crippen LogP contribution < -0.4 is 5.69 Å². The summed E-state index contributed by atoms with van der Waals surface area (Å²) in [5, 5.41) is 0. The van der Waals surface area contributed by atoms with Crippen LogP contribution >= 0.6 is 0 Å². The molecular formula is C23H27N3O2. The van der Waals surface area contributed by atoms with Crippen molar-refractivity contribution in [3.05, 3.63) is 70.1 Å². The molecule has 1 heterocycles. The molecule has 2 aromatic carbocycles. The van der Waals surface area contributed by atoms with E-state index in [2.05, 4.69) is 24.3 Å². The van der Waals surface area contributed by atoms with Gasteiger partial charge in [-0.1, -0.05) is 36.4 Å². The van der Waals surface area contributed by atoms with E-state index in [0.717, 1.165) is 30.3 Å². The lowest BCUT2D eigenvalue weighted by molar-refractivity contribution is -0.132. The second kappa shape index (κ2) is 7.66. The van der Waals surface area contributed by atoms with E-state index in [1.54, 1.807) is 9.13 Å². The Balaban J connectivity index is 1.54. The number of fused-ring (bicyclic) bond motifs is 2. The Kier molecular flexibility index (Phi) is 5.07. The largest absolute Gasteiger partial charge is 0.339 e. The van der Waals surface area contributed by atoms with Gasteiger partial charge >= 0.3 is 5.69 Å². The number of rotatable bonds is 5. The van der Waals surface area contributed by atoms with E-state index >= 15 is 0 Å². The minimum atomic E-state index is -0.0397. The Hall–Kier alpha value is -2.82. The Labute approximate surface area is 165 Å². The highest BCUT2D eigenvalue weighted by Gasteiger charge is 2.26. The highest BCUT2D eigenvalue weighted by atomic mass is 16.2. The van der Waals surface area contributed by atoms with E-state index in [9.17, 15) is 9.59 Å². The maximum Gasteiger partial charge on any atom is 0.329 e. The third-order valence-electron chi connectivity index (χ3n) is 5.99. The van der Waals surface area contributed by atoms with Crippen LogP contribution in [0, 0.1) is 0 Å². The first kappa shape index (κ1) is 18.5. The molecule has 146 valence electrons. The van der Waals surface area contributed by atoms with Gasteiger partial charge in [0.15, 0.2) is 0 Å². The minimum Gasteiger partial charge on any atom is -0.339 e. The molecule has 3 aromatic rings. The summed E-state index contributed by atoms with van der Waals surface area (Å²) in [7, 11) is 1.90. The average molecular weight is 377 g/mol. The fourth-order valence-electron chi connectivity index (χ4n) is 4.48. The van der Waals surface area contributed by atoms with E-state index in [4.69, 9.17) is 0 Å². The van der Waals surface area contributed by atoms with Crippen molar-refractivity contribution in [2.24, 2.45) is 0 Å². The van der Waals surface area contributed by atoms with Gasteiger partial charge in [-0.2, -0.15) is 0 Å². The molecule has 1 aliphatic rings. The van der Waals surface area contributed by atoms with Crippen molar-refractivity contribution in [3.8, 4) is 0 Å². The van der Waals surface area contributed by atoms with Gasteiger partial charge in [0, 0.05) is 26.6 Å². The van der Waals surface area contributed by atoms with Crippen molar-refractivity contribution < 1.29 is 4.79 Å². The predicted octanol–water partition coefficient (Wildman–Crippen LogP) is 3.75. The quantitative estimate of drug-likeness (QED) is 0.680. The normalized spacial score (nSPS) is 16.1. The van der Waals surface area contributed by atoms with E-state index in [1.807, 2.05) is 43.1 Å². The summed E-state index contributed by atoms with van der Waals surface area (Å²) >= 11 is 0. The molecular weight excluding hydrogens is 350 g/mol. The Bertz CT molecular complexity index is 1060. The van der Waals surface area contributed by atoms with E-state index in [-0.39, 0.29) is 17.6 Å². The molecule has 5 heteroatoms. The first-order valence-electron chi connectivity index (χ1n) is 10.1. The molecule has 0 unspecified atom stereocenters. The Morgan fingerprint density at radius 3 is 2.50 bits per heavy atom. The van der Waals surface area contributed by atoms with Gasteiger partial charge in [0.25, 0.3) is 0 Å². The number of carbonyl (C=O) groups excluding carboxylic acids is 1. The van der Waals surface area contributed by atoms with Crippen LogP contribution in [0.1, 0.15) is 43.4 Å². The number of amides is 1. The second-order valence-corrected chi connectivity index (χ2v) is 7.53. The Morgan fingerprint density at radius 2 is 1.75 bits per heavy atom. The maximum absolute atomic E-state index is 13.0. The van der Waals surface area contributed by atoms with Gasteiger partial charge in [0.1, 0.15) is 0 Å². The fourth-order valence-corrected chi connectivity index (χ4v) is 4.48. The van der Waals surface area contributed by atoms with Crippen molar-refractivity contribution in [2.75, 3.05) is 7.05 Å². The molecule has 0 bridgehead atoms. The summed E-state index contributed by atoms with van der Waals surface area (Å²) in [6.45, 7) is 3.00. The summed E-state index contributed by atoms with van der Waals surface area (Å²) in [6.07, 6.45) is 3.50. The highest BCUT2D eigenvalue weighted by Crippen LogP contribution is 2.33. The maximum atomic E-state index is 13.0. The summed E-state index contributed by atoms with van der Waals surface area (Å²) in [4.78, 5) is 27.6. The third-order valence-corrected chi connectivity index (χ3v) is 5.99. The molecule has 0 spiro atoms. The molecule has 0 saturated heterocycles. The molecule has 28 heavy (non-hydrogen) atoms. The van der Waals surface area contributed by atoms with Crippen LogP contribution in [-0.4, -0.2) is 27.0 Å². The van der Waals surface area contributed by atoms with E-state index in [1.165, 1.54) is 11.1 Å². The molecule has 4 rings (SSSR count). The first-order chi connectivity index (χ1) is 13.6. The molecule has 1 atom stereocenters. The molecule has 1 aromatic heterocycles. The fraction of sp³-hybridized carbons (Fsp3) is 0.391. The standard InChI is InChI=1S/C23H27N3O2/c1-3-25-20-12-6-7-13-21(20)26(23(25)28)16-15-22(27)24(2)19-14-8-10-17-9-4-5-11-18(17)19/h4-7,9,11-13,19H,3,8,10,14-16H2,1-2H3/t19-/m1/s1. The zero-order valence-electron chi connectivity index (χ0n) is 16.6. The molecule has 0 aliphatic heterocycles. The number of imidazole rings is 1. The lowest BCUT2D eigenvalue weighted by Crippen LogP contribution is -2.34. The molecule has 0 radical (unpaired) electrons. The first-order valence-corrected chi connectivity index (χ1v) is 10.1. The molecule has 1 aliphatic carbocycles. The third kappa shape index (κ3) is 3.15. The predicted molar refractivity (Wildman–Crippen MR) is 111 cm³/mol. The topological polar surface area (TPSA) is 47.2 Å². The van der Waals surface area contributed by atoms with Crippen LogP contribution in [0.15, 0.2) is 53.3 Å². The van der Waals surface area contributed by atoms with Crippen LogP contribution in [-0.2, 0) is 24.3 Å². The molecule has 0 saturated carbocycles. The van der Waals surface area contributed by atoms with Crippen molar-refractivity contribution in [1.29, 1.82) is 0 Å². The summed E-state index contributed by atoms with van der Waals surface area (Å²) < 4.78 is 3.50. The summed E-state index contributed by atoms with van der Waals surface area (Å²) in [5.74, 6) is 0.0851. The van der Waals surface area contributed by atoms with Crippen molar-refractivity contribution in [2.45, 2.75) is 51.7 Å². The molecule has 0 N–H and O–H groups in total. The number of aromatic nitrogens is 2. The van der Waals surface area contributed by atoms with Crippen molar-refractivity contribution in [3.63, 3.8) is 0 Å². The van der Waals surface area contributed by atoms with E-state index in [0.29, 0.717) is 19.5 Å². The summed E-state index contributed by atoms with van der Waals surface area (Å²) in [5.41, 5.74) is 4.40. The van der Waals surface area contributed by atoms with Crippen LogP contribution in [0.4, 0.5) is 0 Å². The van der Waals surface area contributed by atoms with Gasteiger partial charge in [-0.15, -0.1) is 0 Å². The number of hydrogen-bond acceptors (Lipinski definition) is 2. The Morgan fingerprint density at radius 1 is 1.07 bits per heavy atom. The highest BCUT2D eigenvalue weighted by molar-refractivity contribution is 5.78.